The molecule has 2 heterocycles. The van der Waals surface area contributed by atoms with Gasteiger partial charge in [-0.15, -0.1) is 11.3 Å². The SMILES string of the molecule is C[C@@H](CCc1ccccc1)NC(=O)[C@H]1COCC(=O)N1Cc1cccs1. The van der Waals surface area contributed by atoms with Gasteiger partial charge in [0, 0.05) is 10.9 Å². The Hall–Kier alpha value is -2.18. The van der Waals surface area contributed by atoms with Crippen molar-refractivity contribution in [3.8, 4) is 0 Å². The Labute approximate surface area is 158 Å². The zero-order valence-electron chi connectivity index (χ0n) is 14.9. The summed E-state index contributed by atoms with van der Waals surface area (Å²) in [4.78, 5) is 27.7. The molecule has 0 spiro atoms. The Bertz CT molecular complexity index is 718. The molecule has 1 fully saturated rings. The number of amides is 2. The largest absolute Gasteiger partial charge is 0.369 e. The van der Waals surface area contributed by atoms with Gasteiger partial charge in [-0.05, 0) is 36.8 Å². The van der Waals surface area contributed by atoms with Gasteiger partial charge in [0.15, 0.2) is 0 Å². The van der Waals surface area contributed by atoms with Crippen LogP contribution >= 0.6 is 11.3 Å². The summed E-state index contributed by atoms with van der Waals surface area (Å²) in [7, 11) is 0. The number of rotatable bonds is 7. The Morgan fingerprint density at radius 1 is 1.31 bits per heavy atom. The van der Waals surface area contributed by atoms with Crippen molar-refractivity contribution < 1.29 is 14.3 Å². The number of ether oxygens (including phenoxy) is 1. The molecule has 26 heavy (non-hydrogen) atoms. The van der Waals surface area contributed by atoms with Crippen LogP contribution in [-0.2, 0) is 27.3 Å². The average molecular weight is 372 g/mol. The molecule has 1 aliphatic heterocycles. The number of thiophene rings is 1. The lowest BCUT2D eigenvalue weighted by Gasteiger charge is -2.34. The molecule has 1 aromatic carbocycles. The number of benzene rings is 1. The van der Waals surface area contributed by atoms with Crippen LogP contribution < -0.4 is 5.32 Å². The molecule has 5 nitrogen and oxygen atoms in total. The van der Waals surface area contributed by atoms with E-state index in [1.54, 1.807) is 16.2 Å². The molecule has 2 amide bonds. The normalized spacial score (nSPS) is 18.6. The van der Waals surface area contributed by atoms with Gasteiger partial charge in [-0.1, -0.05) is 36.4 Å². The lowest BCUT2D eigenvalue weighted by Crippen LogP contribution is -2.57. The number of nitrogens with zero attached hydrogens (tertiary/aromatic N) is 1. The Morgan fingerprint density at radius 3 is 2.85 bits per heavy atom. The van der Waals surface area contributed by atoms with Crippen LogP contribution in [0.1, 0.15) is 23.8 Å². The fourth-order valence-corrected chi connectivity index (χ4v) is 3.73. The second-order valence-electron chi connectivity index (χ2n) is 6.57. The van der Waals surface area contributed by atoms with Crippen LogP contribution in [0.2, 0.25) is 0 Å². The standard InChI is InChI=1S/C20H24N2O3S/c1-15(9-10-16-6-3-2-4-7-16)21-20(24)18-13-25-14-19(23)22(18)12-17-8-5-11-26-17/h2-8,11,15,18H,9-10,12-14H2,1H3,(H,21,24)/t15-,18+/m0/s1. The summed E-state index contributed by atoms with van der Waals surface area (Å²) in [6.45, 7) is 2.74. The molecule has 2 atom stereocenters. The first-order valence-corrected chi connectivity index (χ1v) is 9.75. The molecular formula is C20H24N2O3S. The minimum Gasteiger partial charge on any atom is -0.369 e. The van der Waals surface area contributed by atoms with E-state index in [0.717, 1.165) is 17.7 Å². The lowest BCUT2D eigenvalue weighted by atomic mass is 10.1. The highest BCUT2D eigenvalue weighted by Gasteiger charge is 2.34. The topological polar surface area (TPSA) is 58.6 Å². The van der Waals surface area contributed by atoms with Crippen molar-refractivity contribution >= 4 is 23.2 Å². The van der Waals surface area contributed by atoms with Crippen LogP contribution in [0.5, 0.6) is 0 Å². The van der Waals surface area contributed by atoms with Crippen molar-refractivity contribution in [2.24, 2.45) is 0 Å². The minimum atomic E-state index is -0.572. The molecule has 6 heteroatoms. The predicted molar refractivity (Wildman–Crippen MR) is 102 cm³/mol. The Morgan fingerprint density at radius 2 is 2.12 bits per heavy atom. The number of hydrogen-bond acceptors (Lipinski definition) is 4. The average Bonchev–Trinajstić information content (AvgIpc) is 3.15. The van der Waals surface area contributed by atoms with E-state index in [4.69, 9.17) is 4.74 Å². The molecule has 1 aromatic heterocycles. The van der Waals surface area contributed by atoms with Crippen molar-refractivity contribution in [2.75, 3.05) is 13.2 Å². The van der Waals surface area contributed by atoms with Crippen molar-refractivity contribution in [1.82, 2.24) is 10.2 Å². The highest BCUT2D eigenvalue weighted by molar-refractivity contribution is 7.09. The predicted octanol–water partition coefficient (Wildman–Crippen LogP) is 2.61. The third kappa shape index (κ3) is 4.93. The summed E-state index contributed by atoms with van der Waals surface area (Å²) in [5.41, 5.74) is 1.25. The van der Waals surface area contributed by atoms with Gasteiger partial charge < -0.3 is 15.0 Å². The first kappa shape index (κ1) is 18.6. The van der Waals surface area contributed by atoms with Gasteiger partial charge in [0.1, 0.15) is 12.6 Å². The van der Waals surface area contributed by atoms with Gasteiger partial charge in [0.2, 0.25) is 11.8 Å². The smallest absolute Gasteiger partial charge is 0.249 e. The summed E-state index contributed by atoms with van der Waals surface area (Å²) in [6.07, 6.45) is 1.75. The summed E-state index contributed by atoms with van der Waals surface area (Å²) in [5.74, 6) is -0.281. The van der Waals surface area contributed by atoms with Gasteiger partial charge >= 0.3 is 0 Å². The number of morpholine rings is 1. The zero-order valence-corrected chi connectivity index (χ0v) is 15.7. The van der Waals surface area contributed by atoms with E-state index >= 15 is 0 Å². The molecule has 3 rings (SSSR count). The fraction of sp³-hybridized carbons (Fsp3) is 0.400. The minimum absolute atomic E-state index is 0.0309. The molecule has 0 radical (unpaired) electrons. The second kappa shape index (κ2) is 8.96. The highest BCUT2D eigenvalue weighted by Crippen LogP contribution is 2.17. The van der Waals surface area contributed by atoms with E-state index in [2.05, 4.69) is 17.4 Å². The van der Waals surface area contributed by atoms with Crippen LogP contribution in [-0.4, -0.2) is 42.0 Å². The molecule has 0 aliphatic carbocycles. The van der Waals surface area contributed by atoms with Crippen LogP contribution in [0, 0.1) is 0 Å². The number of carbonyl (C=O) groups excluding carboxylic acids is 2. The van der Waals surface area contributed by atoms with E-state index in [0.29, 0.717) is 6.54 Å². The van der Waals surface area contributed by atoms with E-state index in [1.807, 2.05) is 42.6 Å². The summed E-state index contributed by atoms with van der Waals surface area (Å²) in [6, 6.07) is 13.6. The van der Waals surface area contributed by atoms with E-state index in [1.165, 1.54) is 5.56 Å². The van der Waals surface area contributed by atoms with Gasteiger partial charge in [0.05, 0.1) is 13.2 Å². The van der Waals surface area contributed by atoms with Gasteiger partial charge in [-0.25, -0.2) is 0 Å². The summed E-state index contributed by atoms with van der Waals surface area (Å²) >= 11 is 1.59. The van der Waals surface area contributed by atoms with Gasteiger partial charge in [0.25, 0.3) is 0 Å². The molecule has 1 N–H and O–H groups in total. The van der Waals surface area contributed by atoms with Crippen LogP contribution in [0.4, 0.5) is 0 Å². The monoisotopic (exact) mass is 372 g/mol. The Balaban J connectivity index is 1.56. The van der Waals surface area contributed by atoms with Crippen LogP contribution in [0.25, 0.3) is 0 Å². The maximum Gasteiger partial charge on any atom is 0.249 e. The van der Waals surface area contributed by atoms with Crippen LogP contribution in [0.15, 0.2) is 47.8 Å². The number of hydrogen-bond donors (Lipinski definition) is 1. The molecule has 0 unspecified atom stereocenters. The van der Waals surface area contributed by atoms with Crippen molar-refractivity contribution in [1.29, 1.82) is 0 Å². The van der Waals surface area contributed by atoms with Crippen molar-refractivity contribution in [2.45, 2.75) is 38.4 Å². The fourth-order valence-electron chi connectivity index (χ4n) is 3.03. The van der Waals surface area contributed by atoms with E-state index in [9.17, 15) is 9.59 Å². The second-order valence-corrected chi connectivity index (χ2v) is 7.60. The quantitative estimate of drug-likeness (QED) is 0.813. The van der Waals surface area contributed by atoms with Gasteiger partial charge in [-0.2, -0.15) is 0 Å². The van der Waals surface area contributed by atoms with Gasteiger partial charge in [-0.3, -0.25) is 9.59 Å². The summed E-state index contributed by atoms with van der Waals surface area (Å²) < 4.78 is 5.33. The Kier molecular flexibility index (Phi) is 6.41. The van der Waals surface area contributed by atoms with E-state index < -0.39 is 6.04 Å². The molecule has 0 bridgehead atoms. The third-order valence-electron chi connectivity index (χ3n) is 4.50. The highest BCUT2D eigenvalue weighted by atomic mass is 32.1. The number of carbonyl (C=O) groups is 2. The number of nitrogens with one attached hydrogen (secondary N) is 1. The molecule has 1 aliphatic rings. The molecule has 0 saturated carbocycles. The molecule has 2 aromatic rings. The van der Waals surface area contributed by atoms with E-state index in [-0.39, 0.29) is 31.1 Å². The molecule has 1 saturated heterocycles. The van der Waals surface area contributed by atoms with Crippen molar-refractivity contribution in [3.05, 3.63) is 58.3 Å². The zero-order chi connectivity index (χ0) is 18.4. The van der Waals surface area contributed by atoms with Crippen LogP contribution in [0.3, 0.4) is 0 Å². The molecular weight excluding hydrogens is 348 g/mol. The third-order valence-corrected chi connectivity index (χ3v) is 5.37. The molecule has 138 valence electrons. The number of aryl methyl sites for hydroxylation is 1. The first-order valence-electron chi connectivity index (χ1n) is 8.87. The lowest BCUT2D eigenvalue weighted by molar-refractivity contribution is -0.155. The summed E-state index contributed by atoms with van der Waals surface area (Å²) in [5, 5.41) is 5.01. The maximum absolute atomic E-state index is 12.7. The first-order chi connectivity index (χ1) is 12.6. The maximum atomic E-state index is 12.7. The van der Waals surface area contributed by atoms with Crippen molar-refractivity contribution in [3.63, 3.8) is 0 Å².